The molecule has 2 aromatic heterocycles. The molecule has 0 atom stereocenters. The molecule has 9 nitrogen and oxygen atoms in total. The lowest BCUT2D eigenvalue weighted by Crippen LogP contribution is -2.12. The van der Waals surface area contributed by atoms with Gasteiger partial charge in [0.15, 0.2) is 11.6 Å². The summed E-state index contributed by atoms with van der Waals surface area (Å²) in [6.07, 6.45) is 4.54. The average Bonchev–Trinajstić information content (AvgIpc) is 3.70. The van der Waals surface area contributed by atoms with Crippen molar-refractivity contribution in [2.24, 2.45) is 0 Å². The van der Waals surface area contributed by atoms with Gasteiger partial charge in [0, 0.05) is 28.8 Å². The Kier molecular flexibility index (Phi) is 8.37. The van der Waals surface area contributed by atoms with Crippen molar-refractivity contribution in [3.63, 3.8) is 0 Å². The third kappa shape index (κ3) is 6.17. The van der Waals surface area contributed by atoms with Gasteiger partial charge in [-0.2, -0.15) is 0 Å². The van der Waals surface area contributed by atoms with E-state index in [0.29, 0.717) is 5.39 Å². The SMILES string of the molecule is CSC(=N)c1cc(Oc2c(F)cc3c(ccn3S(=O)(=O)c3ccccc3)c2Cn2cc(OCc3ccccc3)nn2)ccc1F. The minimum atomic E-state index is -4.07. The van der Waals surface area contributed by atoms with Gasteiger partial charge in [-0.3, -0.25) is 5.41 Å². The highest BCUT2D eigenvalue weighted by Crippen LogP contribution is 2.37. The molecule has 6 aromatic rings. The standard InChI is InChI=1S/C32H25F2N5O4S2/c1-44-32(35)25-16-22(12-13-27(25)33)43-31-26(18-38-19-30(36-37-38)42-20-21-8-4-2-5-9-21)24-14-15-39(29(24)17-28(31)34)45(40,41)23-10-6-3-7-11-23/h2-17,19,35H,18,20H2,1H3. The van der Waals surface area contributed by atoms with Crippen molar-refractivity contribution in [1.29, 1.82) is 5.41 Å². The Hall–Kier alpha value is -5.01. The topological polar surface area (TPSA) is 112 Å². The number of ether oxygens (including phenoxy) is 2. The molecular formula is C32H25F2N5O4S2. The molecule has 0 fully saturated rings. The number of aromatic nitrogens is 4. The molecular weight excluding hydrogens is 621 g/mol. The van der Waals surface area contributed by atoms with Crippen molar-refractivity contribution in [1.82, 2.24) is 19.0 Å². The molecule has 45 heavy (non-hydrogen) atoms. The fraction of sp³-hybridized carbons (Fsp3) is 0.0938. The predicted octanol–water partition coefficient (Wildman–Crippen LogP) is 6.86. The fourth-order valence-electron chi connectivity index (χ4n) is 4.75. The molecule has 6 rings (SSSR count). The van der Waals surface area contributed by atoms with Crippen LogP contribution in [0.2, 0.25) is 0 Å². The van der Waals surface area contributed by atoms with Crippen LogP contribution in [0.25, 0.3) is 10.9 Å². The maximum Gasteiger partial charge on any atom is 0.268 e. The Balaban J connectivity index is 1.42. The van der Waals surface area contributed by atoms with E-state index in [2.05, 4.69) is 10.3 Å². The number of hydrogen-bond acceptors (Lipinski definition) is 8. The van der Waals surface area contributed by atoms with Crippen molar-refractivity contribution < 1.29 is 26.7 Å². The summed E-state index contributed by atoms with van der Waals surface area (Å²) < 4.78 is 71.7. The number of benzene rings is 4. The van der Waals surface area contributed by atoms with Crippen LogP contribution in [0.15, 0.2) is 108 Å². The monoisotopic (exact) mass is 645 g/mol. The predicted molar refractivity (Wildman–Crippen MR) is 168 cm³/mol. The molecule has 2 heterocycles. The Morgan fingerprint density at radius 2 is 1.69 bits per heavy atom. The van der Waals surface area contributed by atoms with Crippen LogP contribution in [0.4, 0.5) is 8.78 Å². The molecule has 0 spiro atoms. The molecule has 0 bridgehead atoms. The maximum atomic E-state index is 16.0. The van der Waals surface area contributed by atoms with E-state index in [1.54, 1.807) is 30.5 Å². The van der Waals surface area contributed by atoms with Gasteiger partial charge >= 0.3 is 0 Å². The van der Waals surface area contributed by atoms with E-state index >= 15 is 4.39 Å². The summed E-state index contributed by atoms with van der Waals surface area (Å²) in [5, 5.41) is 16.6. The van der Waals surface area contributed by atoms with Gasteiger partial charge in [-0.05, 0) is 48.2 Å². The minimum absolute atomic E-state index is 0.000346. The van der Waals surface area contributed by atoms with Gasteiger partial charge in [-0.1, -0.05) is 58.8 Å². The Morgan fingerprint density at radius 1 is 0.956 bits per heavy atom. The van der Waals surface area contributed by atoms with Crippen molar-refractivity contribution in [2.75, 3.05) is 6.26 Å². The zero-order valence-electron chi connectivity index (χ0n) is 23.7. The van der Waals surface area contributed by atoms with E-state index < -0.39 is 21.7 Å². The summed E-state index contributed by atoms with van der Waals surface area (Å²) in [5.41, 5.74) is 1.28. The number of rotatable bonds is 10. The van der Waals surface area contributed by atoms with Crippen molar-refractivity contribution >= 4 is 37.7 Å². The molecule has 228 valence electrons. The summed E-state index contributed by atoms with van der Waals surface area (Å²) in [7, 11) is -4.07. The molecule has 4 aromatic carbocycles. The van der Waals surface area contributed by atoms with E-state index in [4.69, 9.17) is 14.9 Å². The summed E-state index contributed by atoms with van der Waals surface area (Å²) >= 11 is 1.05. The summed E-state index contributed by atoms with van der Waals surface area (Å²) in [6, 6.07) is 23.8. The summed E-state index contributed by atoms with van der Waals surface area (Å²) in [6.45, 7) is 0.186. The highest BCUT2D eigenvalue weighted by Gasteiger charge is 2.25. The quantitative estimate of drug-likeness (QED) is 0.128. The van der Waals surface area contributed by atoms with E-state index in [9.17, 15) is 12.8 Å². The van der Waals surface area contributed by atoms with Gasteiger partial charge in [0.2, 0.25) is 0 Å². The number of nitrogens with one attached hydrogen (secondary N) is 1. The molecule has 1 N–H and O–H groups in total. The van der Waals surface area contributed by atoms with E-state index in [0.717, 1.165) is 33.4 Å². The number of nitrogens with zero attached hydrogens (tertiary/aromatic N) is 4. The van der Waals surface area contributed by atoms with Crippen molar-refractivity contribution in [3.05, 3.63) is 132 Å². The van der Waals surface area contributed by atoms with Crippen LogP contribution in [-0.2, 0) is 23.2 Å². The zero-order chi connectivity index (χ0) is 31.6. The molecule has 0 radical (unpaired) electrons. The maximum absolute atomic E-state index is 16.0. The largest absolute Gasteiger partial charge is 0.471 e. The van der Waals surface area contributed by atoms with Gasteiger partial charge in [-0.25, -0.2) is 25.9 Å². The second-order valence-electron chi connectivity index (χ2n) is 9.83. The first-order valence-electron chi connectivity index (χ1n) is 13.5. The number of thioether (sulfide) groups is 1. The minimum Gasteiger partial charge on any atom is -0.471 e. The molecule has 0 unspecified atom stereocenters. The first-order valence-corrected chi connectivity index (χ1v) is 16.2. The molecule has 0 aliphatic rings. The lowest BCUT2D eigenvalue weighted by atomic mass is 10.1. The lowest BCUT2D eigenvalue weighted by molar-refractivity contribution is 0.293. The lowest BCUT2D eigenvalue weighted by Gasteiger charge is -2.16. The molecule has 0 saturated carbocycles. The number of halogens is 2. The first kappa shape index (κ1) is 30.0. The van der Waals surface area contributed by atoms with Crippen LogP contribution in [0, 0.1) is 17.0 Å². The summed E-state index contributed by atoms with van der Waals surface area (Å²) in [4.78, 5) is 0.0383. The van der Waals surface area contributed by atoms with Gasteiger partial charge in [0.25, 0.3) is 15.9 Å². The first-order chi connectivity index (χ1) is 21.7. The van der Waals surface area contributed by atoms with Crippen molar-refractivity contribution in [3.8, 4) is 17.4 Å². The van der Waals surface area contributed by atoms with Gasteiger partial charge < -0.3 is 9.47 Å². The van der Waals surface area contributed by atoms with Crippen LogP contribution in [0.5, 0.6) is 17.4 Å². The van der Waals surface area contributed by atoms with Crippen molar-refractivity contribution in [2.45, 2.75) is 18.0 Å². The zero-order valence-corrected chi connectivity index (χ0v) is 25.4. The van der Waals surface area contributed by atoms with Gasteiger partial charge in [-0.15, -0.1) is 11.8 Å². The normalized spacial score (nSPS) is 11.5. The molecule has 0 aliphatic carbocycles. The fourth-order valence-corrected chi connectivity index (χ4v) is 6.48. The van der Waals surface area contributed by atoms with E-state index in [-0.39, 0.29) is 57.1 Å². The summed E-state index contributed by atoms with van der Waals surface area (Å²) in [5.74, 6) is -1.37. The number of fused-ring (bicyclic) bond motifs is 1. The highest BCUT2D eigenvalue weighted by molar-refractivity contribution is 8.13. The Morgan fingerprint density at radius 3 is 2.42 bits per heavy atom. The third-order valence-corrected chi connectivity index (χ3v) is 9.28. The smallest absolute Gasteiger partial charge is 0.268 e. The van der Waals surface area contributed by atoms with Crippen LogP contribution in [0.3, 0.4) is 0 Å². The molecule has 13 heteroatoms. The van der Waals surface area contributed by atoms with E-state index in [1.807, 2.05) is 30.3 Å². The second-order valence-corrected chi connectivity index (χ2v) is 12.5. The second kappa shape index (κ2) is 12.5. The third-order valence-electron chi connectivity index (χ3n) is 6.94. The van der Waals surface area contributed by atoms with Gasteiger partial charge in [0.05, 0.1) is 28.2 Å². The van der Waals surface area contributed by atoms with Gasteiger partial charge in [0.1, 0.15) is 18.2 Å². The average molecular weight is 646 g/mol. The molecule has 0 saturated heterocycles. The van der Waals surface area contributed by atoms with Crippen LogP contribution in [0.1, 0.15) is 16.7 Å². The molecule has 0 aliphatic heterocycles. The highest BCUT2D eigenvalue weighted by atomic mass is 32.2. The van der Waals surface area contributed by atoms with E-state index in [1.165, 1.54) is 41.3 Å². The van der Waals surface area contributed by atoms with Crippen LogP contribution in [-0.4, -0.2) is 38.7 Å². The van der Waals surface area contributed by atoms with Crippen LogP contribution >= 0.6 is 11.8 Å². The number of hydrogen-bond donors (Lipinski definition) is 1. The van der Waals surface area contributed by atoms with Crippen LogP contribution < -0.4 is 9.47 Å². The molecule has 0 amide bonds. The Labute approximate surface area is 261 Å². The Bertz CT molecular complexity index is 2120.